The molecule has 0 spiro atoms. The molecule has 5 nitrogen and oxygen atoms in total. The zero-order chi connectivity index (χ0) is 10.4. The number of aromatic amines is 1. The minimum atomic E-state index is -0.509. The number of imidazole rings is 1. The van der Waals surface area contributed by atoms with E-state index in [0.717, 1.165) is 12.1 Å². The normalized spacial score (nSPS) is 12.4. The Kier molecular flexibility index (Phi) is 4.12. The van der Waals surface area contributed by atoms with Crippen molar-refractivity contribution in [3.8, 4) is 0 Å². The first-order chi connectivity index (χ1) is 6.74. The fraction of sp³-hybridized carbons (Fsp3) is 0.556. The molecule has 0 saturated heterocycles. The predicted molar refractivity (Wildman–Crippen MR) is 53.6 cm³/mol. The molecule has 14 heavy (non-hydrogen) atoms. The number of carbonyl (C=O) groups excluding carboxylic acids is 1. The van der Waals surface area contributed by atoms with E-state index in [1.54, 1.807) is 12.5 Å². The van der Waals surface area contributed by atoms with Crippen LogP contribution < -0.4 is 11.1 Å². The molecule has 4 N–H and O–H groups in total. The van der Waals surface area contributed by atoms with Crippen LogP contribution in [0.3, 0.4) is 0 Å². The molecule has 0 saturated carbocycles. The maximum atomic E-state index is 11.4. The first-order valence-corrected chi connectivity index (χ1v) is 4.75. The molecule has 0 aliphatic rings. The van der Waals surface area contributed by atoms with Gasteiger partial charge in [0.25, 0.3) is 0 Å². The van der Waals surface area contributed by atoms with Crippen LogP contribution in [0, 0.1) is 0 Å². The Hall–Kier alpha value is -1.36. The van der Waals surface area contributed by atoms with Crippen molar-refractivity contribution < 1.29 is 4.79 Å². The van der Waals surface area contributed by atoms with Gasteiger partial charge in [-0.2, -0.15) is 0 Å². The van der Waals surface area contributed by atoms with E-state index in [2.05, 4.69) is 15.3 Å². The van der Waals surface area contributed by atoms with Crippen LogP contribution >= 0.6 is 0 Å². The fourth-order valence-electron chi connectivity index (χ4n) is 1.10. The average Bonchev–Trinajstić information content (AvgIpc) is 2.66. The SMILES string of the molecule is CCCNC(=O)C(N)Cc1c[nH]cn1. The third-order valence-electron chi connectivity index (χ3n) is 1.87. The first-order valence-electron chi connectivity index (χ1n) is 4.75. The lowest BCUT2D eigenvalue weighted by atomic mass is 10.1. The zero-order valence-electron chi connectivity index (χ0n) is 8.29. The van der Waals surface area contributed by atoms with Gasteiger partial charge in [0.2, 0.25) is 5.91 Å². The molecule has 1 rings (SSSR count). The summed E-state index contributed by atoms with van der Waals surface area (Å²) in [7, 11) is 0. The molecule has 1 amide bonds. The second kappa shape index (κ2) is 5.39. The van der Waals surface area contributed by atoms with Crippen molar-refractivity contribution in [3.05, 3.63) is 18.2 Å². The van der Waals surface area contributed by atoms with Gasteiger partial charge in [0.15, 0.2) is 0 Å². The van der Waals surface area contributed by atoms with Gasteiger partial charge >= 0.3 is 0 Å². The molecule has 1 aromatic rings. The second-order valence-electron chi connectivity index (χ2n) is 3.16. The topological polar surface area (TPSA) is 83.8 Å². The minimum Gasteiger partial charge on any atom is -0.355 e. The van der Waals surface area contributed by atoms with Crippen LogP contribution in [0.4, 0.5) is 0 Å². The van der Waals surface area contributed by atoms with Crippen molar-refractivity contribution in [1.29, 1.82) is 0 Å². The van der Waals surface area contributed by atoms with Crippen molar-refractivity contribution >= 4 is 5.91 Å². The Labute approximate surface area is 83.1 Å². The zero-order valence-corrected chi connectivity index (χ0v) is 8.29. The van der Waals surface area contributed by atoms with Crippen molar-refractivity contribution in [3.63, 3.8) is 0 Å². The van der Waals surface area contributed by atoms with Gasteiger partial charge in [-0.25, -0.2) is 4.98 Å². The Morgan fingerprint density at radius 2 is 2.57 bits per heavy atom. The lowest BCUT2D eigenvalue weighted by Crippen LogP contribution is -2.42. The Morgan fingerprint density at radius 1 is 1.79 bits per heavy atom. The summed E-state index contributed by atoms with van der Waals surface area (Å²) in [5.74, 6) is -0.116. The molecule has 1 aromatic heterocycles. The van der Waals surface area contributed by atoms with E-state index < -0.39 is 6.04 Å². The van der Waals surface area contributed by atoms with E-state index in [0.29, 0.717) is 13.0 Å². The van der Waals surface area contributed by atoms with Crippen LogP contribution in [-0.2, 0) is 11.2 Å². The minimum absolute atomic E-state index is 0.116. The number of H-pyrrole nitrogens is 1. The van der Waals surface area contributed by atoms with Crippen LogP contribution in [0.2, 0.25) is 0 Å². The quantitative estimate of drug-likeness (QED) is 0.610. The van der Waals surface area contributed by atoms with Gasteiger partial charge in [-0.1, -0.05) is 6.92 Å². The highest BCUT2D eigenvalue weighted by Crippen LogP contribution is 1.96. The summed E-state index contributed by atoms with van der Waals surface area (Å²) in [5, 5.41) is 2.74. The third kappa shape index (κ3) is 3.18. The van der Waals surface area contributed by atoms with Gasteiger partial charge in [-0.15, -0.1) is 0 Å². The number of rotatable bonds is 5. The highest BCUT2D eigenvalue weighted by atomic mass is 16.2. The first kappa shape index (κ1) is 10.7. The van der Waals surface area contributed by atoms with Gasteiger partial charge in [-0.05, 0) is 6.42 Å². The van der Waals surface area contributed by atoms with Gasteiger partial charge in [-0.3, -0.25) is 4.79 Å². The number of nitrogens with zero attached hydrogens (tertiary/aromatic N) is 1. The third-order valence-corrected chi connectivity index (χ3v) is 1.87. The van der Waals surface area contributed by atoms with E-state index in [-0.39, 0.29) is 5.91 Å². The maximum Gasteiger partial charge on any atom is 0.237 e. The summed E-state index contributed by atoms with van der Waals surface area (Å²) in [5.41, 5.74) is 6.49. The summed E-state index contributed by atoms with van der Waals surface area (Å²) in [6, 6.07) is -0.509. The summed E-state index contributed by atoms with van der Waals surface area (Å²) in [6.07, 6.45) is 4.71. The van der Waals surface area contributed by atoms with E-state index in [1.807, 2.05) is 6.92 Å². The number of nitrogens with one attached hydrogen (secondary N) is 2. The molecule has 0 aromatic carbocycles. The van der Waals surface area contributed by atoms with E-state index >= 15 is 0 Å². The molecule has 0 aliphatic heterocycles. The molecule has 0 aliphatic carbocycles. The standard InChI is InChI=1S/C9H16N4O/c1-2-3-12-9(14)8(10)4-7-5-11-6-13-7/h5-6,8H,2-4,10H2,1H3,(H,11,13)(H,12,14). The van der Waals surface area contributed by atoms with Gasteiger partial charge in [0, 0.05) is 19.2 Å². The largest absolute Gasteiger partial charge is 0.355 e. The summed E-state index contributed by atoms with van der Waals surface area (Å²) >= 11 is 0. The molecule has 1 atom stereocenters. The van der Waals surface area contributed by atoms with Crippen molar-refractivity contribution in [2.24, 2.45) is 5.73 Å². The smallest absolute Gasteiger partial charge is 0.237 e. The summed E-state index contributed by atoms with van der Waals surface area (Å²) in [4.78, 5) is 18.2. The fourth-order valence-corrected chi connectivity index (χ4v) is 1.10. The maximum absolute atomic E-state index is 11.4. The summed E-state index contributed by atoms with van der Waals surface area (Å²) in [6.45, 7) is 2.67. The molecular weight excluding hydrogens is 180 g/mol. The molecule has 0 bridgehead atoms. The van der Waals surface area contributed by atoms with Crippen LogP contribution in [0.15, 0.2) is 12.5 Å². The molecule has 1 heterocycles. The number of hydrogen-bond acceptors (Lipinski definition) is 3. The number of hydrogen-bond donors (Lipinski definition) is 3. The van der Waals surface area contributed by atoms with Crippen molar-refractivity contribution in [2.45, 2.75) is 25.8 Å². The second-order valence-corrected chi connectivity index (χ2v) is 3.16. The van der Waals surface area contributed by atoms with E-state index in [1.165, 1.54) is 0 Å². The van der Waals surface area contributed by atoms with Crippen molar-refractivity contribution in [2.75, 3.05) is 6.54 Å². The number of nitrogens with two attached hydrogens (primary N) is 1. The number of amides is 1. The highest BCUT2D eigenvalue weighted by molar-refractivity contribution is 5.81. The molecule has 0 fully saturated rings. The van der Waals surface area contributed by atoms with Crippen LogP contribution in [0.25, 0.3) is 0 Å². The molecule has 1 unspecified atom stereocenters. The lowest BCUT2D eigenvalue weighted by Gasteiger charge is -2.09. The predicted octanol–water partition coefficient (Wildman–Crippen LogP) is -0.194. The van der Waals surface area contributed by atoms with Gasteiger partial charge < -0.3 is 16.0 Å². The van der Waals surface area contributed by atoms with E-state index in [9.17, 15) is 4.79 Å². The number of carbonyl (C=O) groups is 1. The van der Waals surface area contributed by atoms with E-state index in [4.69, 9.17) is 5.73 Å². The molecule has 5 heteroatoms. The summed E-state index contributed by atoms with van der Waals surface area (Å²) < 4.78 is 0. The molecular formula is C9H16N4O. The van der Waals surface area contributed by atoms with Crippen LogP contribution in [0.1, 0.15) is 19.0 Å². The lowest BCUT2D eigenvalue weighted by molar-refractivity contribution is -0.122. The molecule has 78 valence electrons. The van der Waals surface area contributed by atoms with Crippen LogP contribution in [-0.4, -0.2) is 28.5 Å². The van der Waals surface area contributed by atoms with Gasteiger partial charge in [0.05, 0.1) is 18.1 Å². The Balaban J connectivity index is 2.34. The Morgan fingerprint density at radius 3 is 3.14 bits per heavy atom. The highest BCUT2D eigenvalue weighted by Gasteiger charge is 2.13. The monoisotopic (exact) mass is 196 g/mol. The Bertz CT molecular complexity index is 270. The molecule has 0 radical (unpaired) electrons. The van der Waals surface area contributed by atoms with Gasteiger partial charge in [0.1, 0.15) is 0 Å². The van der Waals surface area contributed by atoms with Crippen LogP contribution in [0.5, 0.6) is 0 Å². The number of aromatic nitrogens is 2. The van der Waals surface area contributed by atoms with Crippen molar-refractivity contribution in [1.82, 2.24) is 15.3 Å². The average molecular weight is 196 g/mol.